The van der Waals surface area contributed by atoms with Gasteiger partial charge in [0.25, 0.3) is 0 Å². The second kappa shape index (κ2) is 5.09. The van der Waals surface area contributed by atoms with Crippen molar-refractivity contribution in [1.82, 2.24) is 0 Å². The lowest BCUT2D eigenvalue weighted by Gasteiger charge is -2.27. The fourth-order valence-corrected chi connectivity index (χ4v) is 6.01. The van der Waals surface area contributed by atoms with Crippen LogP contribution in [0.5, 0.6) is 5.75 Å². The topological polar surface area (TPSA) is 60.4 Å². The molecule has 0 amide bonds. The molecule has 4 nitrogen and oxygen atoms in total. The van der Waals surface area contributed by atoms with Gasteiger partial charge < -0.3 is 4.74 Å². The number of carbonyl (C=O) groups excluding carboxylic acids is 1. The summed E-state index contributed by atoms with van der Waals surface area (Å²) in [4.78, 5) is 12.6. The number of benzene rings is 1. The predicted molar refractivity (Wildman–Crippen MR) is 75.7 cm³/mol. The summed E-state index contributed by atoms with van der Waals surface area (Å²) >= 11 is 0. The Morgan fingerprint density at radius 2 is 1.86 bits per heavy atom. The van der Waals surface area contributed by atoms with E-state index >= 15 is 0 Å². The number of halogens is 1. The SMILES string of the molecule is COc1cccc(F)c1C(=O)C1CC2CCC(C1)S2(=O)=O. The van der Waals surface area contributed by atoms with Crippen LogP contribution in [0.15, 0.2) is 18.2 Å². The minimum absolute atomic E-state index is 0.0521. The summed E-state index contributed by atoms with van der Waals surface area (Å²) in [6.07, 6.45) is 1.83. The zero-order valence-electron chi connectivity index (χ0n) is 11.7. The highest BCUT2D eigenvalue weighted by Gasteiger charge is 2.49. The molecule has 2 atom stereocenters. The van der Waals surface area contributed by atoms with E-state index in [0.29, 0.717) is 25.7 Å². The van der Waals surface area contributed by atoms with Gasteiger partial charge in [0.1, 0.15) is 11.6 Å². The molecule has 0 aromatic heterocycles. The lowest BCUT2D eigenvalue weighted by atomic mass is 9.89. The van der Waals surface area contributed by atoms with Crippen molar-refractivity contribution >= 4 is 15.6 Å². The van der Waals surface area contributed by atoms with Gasteiger partial charge in [0, 0.05) is 5.92 Å². The van der Waals surface area contributed by atoms with E-state index in [1.165, 1.54) is 19.2 Å². The monoisotopic (exact) mass is 312 g/mol. The van der Waals surface area contributed by atoms with Gasteiger partial charge in [-0.2, -0.15) is 0 Å². The first-order chi connectivity index (χ1) is 9.95. The molecule has 1 aromatic rings. The molecule has 0 saturated carbocycles. The smallest absolute Gasteiger partial charge is 0.172 e. The molecule has 2 heterocycles. The quantitative estimate of drug-likeness (QED) is 0.804. The number of fused-ring (bicyclic) bond motifs is 2. The number of rotatable bonds is 3. The Morgan fingerprint density at radius 1 is 1.24 bits per heavy atom. The summed E-state index contributed by atoms with van der Waals surface area (Å²) in [5.41, 5.74) is -0.0521. The largest absolute Gasteiger partial charge is 0.496 e. The number of ether oxygens (including phenoxy) is 1. The average Bonchev–Trinajstić information content (AvgIpc) is 2.66. The van der Waals surface area contributed by atoms with Crippen molar-refractivity contribution in [3.05, 3.63) is 29.6 Å². The van der Waals surface area contributed by atoms with Crippen molar-refractivity contribution in [3.63, 3.8) is 0 Å². The van der Waals surface area contributed by atoms with E-state index in [2.05, 4.69) is 0 Å². The molecule has 0 aliphatic carbocycles. The zero-order valence-corrected chi connectivity index (χ0v) is 12.5. The number of methoxy groups -OCH3 is 1. The zero-order chi connectivity index (χ0) is 15.2. The first-order valence-electron chi connectivity index (χ1n) is 7.04. The van der Waals surface area contributed by atoms with Crippen molar-refractivity contribution in [2.24, 2.45) is 5.92 Å². The summed E-state index contributed by atoms with van der Waals surface area (Å²) in [5.74, 6) is -1.17. The molecular formula is C15H17FO4S. The van der Waals surface area contributed by atoms with Crippen LogP contribution in [0.2, 0.25) is 0 Å². The van der Waals surface area contributed by atoms with Crippen molar-refractivity contribution in [2.45, 2.75) is 36.2 Å². The molecule has 1 aromatic carbocycles. The molecule has 0 spiro atoms. The van der Waals surface area contributed by atoms with E-state index in [1.807, 2.05) is 0 Å². The molecule has 3 rings (SSSR count). The highest BCUT2D eigenvalue weighted by molar-refractivity contribution is 7.93. The third kappa shape index (κ3) is 2.25. The van der Waals surface area contributed by atoms with Crippen molar-refractivity contribution < 1.29 is 22.3 Å². The Kier molecular flexibility index (Phi) is 3.51. The van der Waals surface area contributed by atoms with Crippen LogP contribution in [0.3, 0.4) is 0 Å². The van der Waals surface area contributed by atoms with Gasteiger partial charge in [-0.15, -0.1) is 0 Å². The Labute approximate surface area is 123 Å². The molecule has 2 saturated heterocycles. The van der Waals surface area contributed by atoms with Gasteiger partial charge in [-0.25, -0.2) is 12.8 Å². The van der Waals surface area contributed by atoms with Gasteiger partial charge in [0.2, 0.25) is 0 Å². The van der Waals surface area contributed by atoms with Crippen LogP contribution in [0.1, 0.15) is 36.0 Å². The van der Waals surface area contributed by atoms with Crippen molar-refractivity contribution in [2.75, 3.05) is 7.11 Å². The van der Waals surface area contributed by atoms with E-state index in [-0.39, 0.29) is 17.1 Å². The number of hydrogen-bond acceptors (Lipinski definition) is 4. The Morgan fingerprint density at radius 3 is 2.43 bits per heavy atom. The van der Waals surface area contributed by atoms with Gasteiger partial charge in [0.15, 0.2) is 15.6 Å². The summed E-state index contributed by atoms with van der Waals surface area (Å²) in [6, 6.07) is 4.26. The van der Waals surface area contributed by atoms with Crippen LogP contribution in [0.25, 0.3) is 0 Å². The van der Waals surface area contributed by atoms with Crippen LogP contribution in [-0.2, 0) is 9.84 Å². The molecule has 2 fully saturated rings. The number of ketones is 1. The predicted octanol–water partition coefficient (Wildman–Crippen LogP) is 2.37. The molecule has 21 heavy (non-hydrogen) atoms. The fraction of sp³-hybridized carbons (Fsp3) is 0.533. The minimum atomic E-state index is -3.08. The highest BCUT2D eigenvalue weighted by atomic mass is 32.2. The Balaban J connectivity index is 1.92. The molecule has 6 heteroatoms. The minimum Gasteiger partial charge on any atom is -0.496 e. The van der Waals surface area contributed by atoms with E-state index in [0.717, 1.165) is 0 Å². The maximum atomic E-state index is 14.0. The van der Waals surface area contributed by atoms with E-state index in [4.69, 9.17) is 4.74 Å². The third-order valence-corrected chi connectivity index (χ3v) is 7.36. The molecule has 2 unspecified atom stereocenters. The van der Waals surface area contributed by atoms with Crippen LogP contribution in [0, 0.1) is 11.7 Å². The Hall–Kier alpha value is -1.43. The first-order valence-corrected chi connectivity index (χ1v) is 8.65. The van der Waals surface area contributed by atoms with E-state index in [9.17, 15) is 17.6 Å². The molecular weight excluding hydrogens is 295 g/mol. The summed E-state index contributed by atoms with van der Waals surface area (Å²) < 4.78 is 43.2. The fourth-order valence-electron chi connectivity index (χ4n) is 3.54. The second-order valence-corrected chi connectivity index (χ2v) is 8.27. The number of carbonyl (C=O) groups is 1. The van der Waals surface area contributed by atoms with Crippen LogP contribution in [0.4, 0.5) is 4.39 Å². The summed E-state index contributed by atoms with van der Waals surface area (Å²) in [7, 11) is -1.69. The number of sulfone groups is 1. The van der Waals surface area contributed by atoms with Crippen molar-refractivity contribution in [1.29, 1.82) is 0 Å². The highest BCUT2D eigenvalue weighted by Crippen LogP contribution is 2.43. The standard InChI is InChI=1S/C15H17FO4S/c1-20-13-4-2-3-12(16)14(13)15(17)9-7-10-5-6-11(8-9)21(10,18)19/h2-4,9-11H,5-8H2,1H3. The lowest BCUT2D eigenvalue weighted by molar-refractivity contribution is 0.0898. The van der Waals surface area contributed by atoms with Gasteiger partial charge in [0.05, 0.1) is 23.2 Å². The van der Waals surface area contributed by atoms with Crippen LogP contribution < -0.4 is 4.74 Å². The van der Waals surface area contributed by atoms with E-state index < -0.39 is 32.1 Å². The van der Waals surface area contributed by atoms with Gasteiger partial charge >= 0.3 is 0 Å². The second-order valence-electron chi connectivity index (χ2n) is 5.76. The van der Waals surface area contributed by atoms with Crippen LogP contribution in [-0.4, -0.2) is 31.8 Å². The molecule has 2 aliphatic rings. The maximum absolute atomic E-state index is 14.0. The third-order valence-electron chi connectivity index (χ3n) is 4.65. The molecule has 2 aliphatic heterocycles. The van der Waals surface area contributed by atoms with Crippen LogP contribution >= 0.6 is 0 Å². The first kappa shape index (κ1) is 14.5. The van der Waals surface area contributed by atoms with Gasteiger partial charge in [-0.05, 0) is 37.8 Å². The normalized spacial score (nSPS) is 30.1. The van der Waals surface area contributed by atoms with Gasteiger partial charge in [-0.3, -0.25) is 4.79 Å². The summed E-state index contributed by atoms with van der Waals surface area (Å²) in [5, 5.41) is -0.883. The van der Waals surface area contributed by atoms with Crippen molar-refractivity contribution in [3.8, 4) is 5.75 Å². The Bertz CT molecular complexity index is 663. The number of Topliss-reactive ketones (excluding diaryl/α,β-unsaturated/α-hetero) is 1. The maximum Gasteiger partial charge on any atom is 0.172 e. The molecule has 2 bridgehead atoms. The number of hydrogen-bond donors (Lipinski definition) is 0. The average molecular weight is 312 g/mol. The van der Waals surface area contributed by atoms with Gasteiger partial charge in [-0.1, -0.05) is 6.07 Å². The van der Waals surface area contributed by atoms with E-state index in [1.54, 1.807) is 6.07 Å². The molecule has 0 radical (unpaired) electrons. The summed E-state index contributed by atoms with van der Waals surface area (Å²) in [6.45, 7) is 0. The molecule has 0 N–H and O–H groups in total. The molecule has 114 valence electrons. The lowest BCUT2D eigenvalue weighted by Crippen LogP contribution is -2.36.